The lowest BCUT2D eigenvalue weighted by atomic mass is 10.1. The van der Waals surface area contributed by atoms with Crippen molar-refractivity contribution in [2.24, 2.45) is 0 Å². The van der Waals surface area contributed by atoms with Gasteiger partial charge in [0.2, 0.25) is 11.1 Å². The van der Waals surface area contributed by atoms with Crippen molar-refractivity contribution in [2.75, 3.05) is 6.26 Å². The molecule has 0 bridgehead atoms. The Hall–Kier alpha value is -1.29. The maximum absolute atomic E-state index is 7.58. The fourth-order valence-electron chi connectivity index (χ4n) is 0.980. The quantitative estimate of drug-likeness (QED) is 0.550. The minimum Gasteiger partial charge on any atom is -0.415 e. The van der Waals surface area contributed by atoms with Crippen molar-refractivity contribution < 1.29 is 4.74 Å². The molecule has 4 heteroatoms. The smallest absolute Gasteiger partial charge is 0.249 e. The highest BCUT2D eigenvalue weighted by Gasteiger charge is 2.05. The number of ether oxygens (including phenoxy) is 1. The first-order valence-electron chi connectivity index (χ1n) is 4.09. The summed E-state index contributed by atoms with van der Waals surface area (Å²) in [4.78, 5) is 0. The van der Waals surface area contributed by atoms with E-state index in [0.717, 1.165) is 5.56 Å². The Morgan fingerprint density at radius 2 is 2.07 bits per heavy atom. The molecule has 0 atom stereocenters. The zero-order valence-corrected chi connectivity index (χ0v) is 8.94. The summed E-state index contributed by atoms with van der Waals surface area (Å²) in [5.41, 5.74) is 1.77. The standard InChI is InChI=1S/C10H12N2OS/c1-7-4-3-5-8(6-7)9(11)13-10(12)14-2/h3-6,11-12H,1-2H3. The molecular weight excluding hydrogens is 196 g/mol. The lowest BCUT2D eigenvalue weighted by Gasteiger charge is -2.06. The van der Waals surface area contributed by atoms with Crippen molar-refractivity contribution in [3.8, 4) is 0 Å². The molecule has 0 spiro atoms. The third-order valence-corrected chi connectivity index (χ3v) is 2.11. The van der Waals surface area contributed by atoms with E-state index in [1.54, 1.807) is 12.3 Å². The van der Waals surface area contributed by atoms with E-state index in [1.807, 2.05) is 25.1 Å². The summed E-state index contributed by atoms with van der Waals surface area (Å²) in [7, 11) is 0. The molecule has 1 rings (SSSR count). The van der Waals surface area contributed by atoms with Crippen LogP contribution in [0, 0.1) is 17.7 Å². The third-order valence-electron chi connectivity index (χ3n) is 1.66. The average molecular weight is 208 g/mol. The van der Waals surface area contributed by atoms with Crippen molar-refractivity contribution in [1.82, 2.24) is 0 Å². The molecule has 1 aromatic rings. The van der Waals surface area contributed by atoms with Crippen molar-refractivity contribution in [3.05, 3.63) is 35.4 Å². The van der Waals surface area contributed by atoms with Crippen LogP contribution in [0.2, 0.25) is 0 Å². The van der Waals surface area contributed by atoms with Crippen LogP contribution in [-0.2, 0) is 4.74 Å². The van der Waals surface area contributed by atoms with Gasteiger partial charge in [0, 0.05) is 5.56 Å². The molecule has 0 aliphatic carbocycles. The highest BCUT2D eigenvalue weighted by atomic mass is 32.2. The normalized spacial score (nSPS) is 9.57. The van der Waals surface area contributed by atoms with Crippen LogP contribution in [0.5, 0.6) is 0 Å². The van der Waals surface area contributed by atoms with Gasteiger partial charge in [0.1, 0.15) is 0 Å². The molecule has 0 fully saturated rings. The Kier molecular flexibility index (Phi) is 3.71. The SMILES string of the molecule is CSC(=N)OC(=N)c1cccc(C)c1. The van der Waals surface area contributed by atoms with Gasteiger partial charge in [0.15, 0.2) is 0 Å². The molecular formula is C10H12N2OS. The summed E-state index contributed by atoms with van der Waals surface area (Å²) in [6, 6.07) is 7.47. The van der Waals surface area contributed by atoms with Crippen LogP contribution in [0.3, 0.4) is 0 Å². The first-order chi connectivity index (χ1) is 6.63. The Bertz CT molecular complexity index is 363. The molecule has 0 radical (unpaired) electrons. The molecule has 0 unspecified atom stereocenters. The predicted octanol–water partition coefficient (Wildman–Crippen LogP) is 2.63. The van der Waals surface area contributed by atoms with E-state index in [9.17, 15) is 0 Å². The highest BCUT2D eigenvalue weighted by Crippen LogP contribution is 2.07. The van der Waals surface area contributed by atoms with Gasteiger partial charge in [-0.25, -0.2) is 0 Å². The van der Waals surface area contributed by atoms with Gasteiger partial charge in [0.25, 0.3) is 0 Å². The van der Waals surface area contributed by atoms with Crippen molar-refractivity contribution >= 4 is 22.9 Å². The van der Waals surface area contributed by atoms with Crippen LogP contribution < -0.4 is 0 Å². The minimum absolute atomic E-state index is 0.0213. The van der Waals surface area contributed by atoms with Crippen LogP contribution >= 0.6 is 11.8 Å². The van der Waals surface area contributed by atoms with Crippen LogP contribution in [0.15, 0.2) is 24.3 Å². The molecule has 0 saturated carbocycles. The minimum atomic E-state index is 0.0213. The molecule has 14 heavy (non-hydrogen) atoms. The second-order valence-corrected chi connectivity index (χ2v) is 3.57. The van der Waals surface area contributed by atoms with Crippen molar-refractivity contribution in [2.45, 2.75) is 6.92 Å². The van der Waals surface area contributed by atoms with Gasteiger partial charge in [-0.15, -0.1) is 0 Å². The van der Waals surface area contributed by atoms with Crippen LogP contribution in [0.4, 0.5) is 0 Å². The Morgan fingerprint density at radius 1 is 1.36 bits per heavy atom. The Labute approximate surface area is 87.5 Å². The van der Waals surface area contributed by atoms with E-state index in [0.29, 0.717) is 5.56 Å². The molecule has 0 amide bonds. The first-order valence-corrected chi connectivity index (χ1v) is 5.32. The number of benzene rings is 1. The summed E-state index contributed by atoms with van der Waals surface area (Å²) < 4.78 is 4.97. The van der Waals surface area contributed by atoms with Gasteiger partial charge in [-0.2, -0.15) is 0 Å². The molecule has 0 saturated heterocycles. The second-order valence-electron chi connectivity index (χ2n) is 2.79. The van der Waals surface area contributed by atoms with E-state index >= 15 is 0 Å². The van der Waals surface area contributed by atoms with Crippen LogP contribution in [0.1, 0.15) is 11.1 Å². The zero-order chi connectivity index (χ0) is 10.6. The van der Waals surface area contributed by atoms with E-state index in [4.69, 9.17) is 15.6 Å². The zero-order valence-electron chi connectivity index (χ0n) is 8.13. The molecule has 2 N–H and O–H groups in total. The summed E-state index contributed by atoms with van der Waals surface area (Å²) >= 11 is 1.17. The maximum atomic E-state index is 7.58. The van der Waals surface area contributed by atoms with Crippen molar-refractivity contribution in [1.29, 1.82) is 10.8 Å². The largest absolute Gasteiger partial charge is 0.415 e. The second kappa shape index (κ2) is 4.81. The number of thioether (sulfide) groups is 1. The summed E-state index contributed by atoms with van der Waals surface area (Å²) in [5.74, 6) is 0.0213. The topological polar surface area (TPSA) is 56.9 Å². The highest BCUT2D eigenvalue weighted by molar-refractivity contribution is 8.12. The van der Waals surface area contributed by atoms with Gasteiger partial charge < -0.3 is 4.74 Å². The molecule has 0 heterocycles. The number of hydrogen-bond donors (Lipinski definition) is 2. The molecule has 1 aromatic carbocycles. The fourth-order valence-corrected chi connectivity index (χ4v) is 1.15. The van der Waals surface area contributed by atoms with Crippen LogP contribution in [-0.4, -0.2) is 17.4 Å². The van der Waals surface area contributed by atoms with Gasteiger partial charge in [-0.1, -0.05) is 29.5 Å². The van der Waals surface area contributed by atoms with Gasteiger partial charge in [-0.3, -0.25) is 10.8 Å². The lowest BCUT2D eigenvalue weighted by Crippen LogP contribution is -2.08. The number of nitrogens with one attached hydrogen (secondary N) is 2. The number of rotatable bonds is 1. The number of aryl methyl sites for hydroxylation is 1. The first kappa shape index (κ1) is 10.8. The Morgan fingerprint density at radius 3 is 2.64 bits per heavy atom. The fraction of sp³-hybridized carbons (Fsp3) is 0.200. The molecule has 0 aliphatic heterocycles. The average Bonchev–Trinajstić information content (AvgIpc) is 2.17. The molecule has 3 nitrogen and oxygen atoms in total. The summed E-state index contributed by atoms with van der Waals surface area (Å²) in [6.07, 6.45) is 1.74. The van der Waals surface area contributed by atoms with E-state index in [2.05, 4.69) is 0 Å². The molecule has 74 valence electrons. The Balaban J connectivity index is 2.75. The molecule has 0 aliphatic rings. The van der Waals surface area contributed by atoms with E-state index in [1.165, 1.54) is 11.8 Å². The molecule has 0 aromatic heterocycles. The maximum Gasteiger partial charge on any atom is 0.249 e. The third kappa shape index (κ3) is 2.88. The van der Waals surface area contributed by atoms with Crippen molar-refractivity contribution in [3.63, 3.8) is 0 Å². The number of hydrogen-bond acceptors (Lipinski definition) is 4. The lowest BCUT2D eigenvalue weighted by molar-refractivity contribution is 0.553. The van der Waals surface area contributed by atoms with E-state index < -0.39 is 0 Å². The van der Waals surface area contributed by atoms with Crippen LogP contribution in [0.25, 0.3) is 0 Å². The van der Waals surface area contributed by atoms with Gasteiger partial charge >= 0.3 is 0 Å². The van der Waals surface area contributed by atoms with Gasteiger partial charge in [0.05, 0.1) is 0 Å². The van der Waals surface area contributed by atoms with Gasteiger partial charge in [-0.05, 0) is 25.3 Å². The van der Waals surface area contributed by atoms with E-state index in [-0.39, 0.29) is 11.1 Å². The summed E-state index contributed by atoms with van der Waals surface area (Å²) in [5, 5.41) is 14.9. The predicted molar refractivity (Wildman–Crippen MR) is 60.3 cm³/mol. The summed E-state index contributed by atoms with van der Waals surface area (Å²) in [6.45, 7) is 1.96. The monoisotopic (exact) mass is 208 g/mol.